The van der Waals surface area contributed by atoms with E-state index in [-0.39, 0.29) is 5.95 Å². The summed E-state index contributed by atoms with van der Waals surface area (Å²) in [4.78, 5) is 12.7. The van der Waals surface area contributed by atoms with Crippen LogP contribution in [-0.4, -0.2) is 15.0 Å². The topological polar surface area (TPSA) is 88.8 Å². The second-order valence-electron chi connectivity index (χ2n) is 5.14. The molecule has 0 unspecified atom stereocenters. The van der Waals surface area contributed by atoms with E-state index >= 15 is 0 Å². The van der Waals surface area contributed by atoms with Crippen LogP contribution in [0.3, 0.4) is 0 Å². The summed E-state index contributed by atoms with van der Waals surface area (Å²) in [7, 11) is 0. The zero-order chi connectivity index (χ0) is 16.1. The Morgan fingerprint density at radius 1 is 0.870 bits per heavy atom. The molecule has 0 fully saturated rings. The molecule has 1 aromatic heterocycles. The number of rotatable bonds is 5. The van der Waals surface area contributed by atoms with Gasteiger partial charge in [-0.2, -0.15) is 15.0 Å². The Kier molecular flexibility index (Phi) is 4.33. The van der Waals surface area contributed by atoms with Gasteiger partial charge in [-0.05, 0) is 31.2 Å². The van der Waals surface area contributed by atoms with Crippen LogP contribution in [0.5, 0.6) is 0 Å². The minimum absolute atomic E-state index is 0.194. The lowest BCUT2D eigenvalue weighted by Crippen LogP contribution is -2.10. The molecule has 0 radical (unpaired) electrons. The van der Waals surface area contributed by atoms with Crippen LogP contribution >= 0.6 is 0 Å². The third-order valence-corrected chi connectivity index (χ3v) is 3.23. The largest absolute Gasteiger partial charge is 0.378 e. The van der Waals surface area contributed by atoms with Gasteiger partial charge >= 0.3 is 0 Å². The van der Waals surface area contributed by atoms with E-state index in [1.807, 2.05) is 54.6 Å². The summed E-state index contributed by atoms with van der Waals surface area (Å²) in [5.41, 5.74) is 8.89. The molecule has 0 saturated carbocycles. The predicted octanol–water partition coefficient (Wildman–Crippen LogP) is 3.12. The molecule has 0 atom stereocenters. The van der Waals surface area contributed by atoms with Crippen molar-refractivity contribution in [1.82, 2.24) is 15.0 Å². The molecule has 0 spiro atoms. The van der Waals surface area contributed by atoms with Gasteiger partial charge in [0, 0.05) is 11.4 Å². The van der Waals surface area contributed by atoms with Crippen LogP contribution in [-0.2, 0) is 6.54 Å². The van der Waals surface area contributed by atoms with Crippen molar-refractivity contribution in [3.05, 3.63) is 66.0 Å². The van der Waals surface area contributed by atoms with Gasteiger partial charge in [-0.25, -0.2) is 0 Å². The Hall–Kier alpha value is -3.15. The van der Waals surface area contributed by atoms with Gasteiger partial charge in [0.05, 0.1) is 6.54 Å². The first-order valence-corrected chi connectivity index (χ1v) is 7.32. The fourth-order valence-corrected chi connectivity index (χ4v) is 2.08. The van der Waals surface area contributed by atoms with E-state index in [1.165, 1.54) is 5.56 Å². The molecule has 0 amide bonds. The van der Waals surface area contributed by atoms with Gasteiger partial charge in [0.1, 0.15) is 0 Å². The van der Waals surface area contributed by atoms with Gasteiger partial charge in [-0.1, -0.05) is 35.9 Å². The quantitative estimate of drug-likeness (QED) is 0.671. The first-order valence-electron chi connectivity index (χ1n) is 7.32. The highest BCUT2D eigenvalue weighted by Gasteiger charge is 2.05. The summed E-state index contributed by atoms with van der Waals surface area (Å²) < 4.78 is 0. The molecule has 0 aliphatic heterocycles. The number of para-hydroxylation sites is 1. The van der Waals surface area contributed by atoms with Crippen molar-refractivity contribution < 1.29 is 0 Å². The average Bonchev–Trinajstić information content (AvgIpc) is 2.55. The molecule has 0 bridgehead atoms. The van der Waals surface area contributed by atoms with Crippen LogP contribution in [0, 0.1) is 6.92 Å². The Morgan fingerprint density at radius 3 is 2.35 bits per heavy atom. The zero-order valence-corrected chi connectivity index (χ0v) is 12.8. The van der Waals surface area contributed by atoms with Crippen LogP contribution in [0.25, 0.3) is 0 Å². The van der Waals surface area contributed by atoms with E-state index in [2.05, 4.69) is 32.5 Å². The standard InChI is InChI=1S/C17H18N6/c1-12-7-9-13(10-8-12)19-11-15-21-16(18)23-17(22-15)20-14-5-3-2-4-6-14/h2-10,19H,11H2,1H3,(H3,18,20,21,22,23). The molecule has 0 saturated heterocycles. The van der Waals surface area contributed by atoms with E-state index in [0.717, 1.165) is 11.4 Å². The highest BCUT2D eigenvalue weighted by molar-refractivity contribution is 5.53. The summed E-state index contributed by atoms with van der Waals surface area (Å²) in [6.07, 6.45) is 0. The molecule has 3 aromatic rings. The van der Waals surface area contributed by atoms with E-state index in [1.54, 1.807) is 0 Å². The maximum atomic E-state index is 5.77. The number of nitrogens with one attached hydrogen (secondary N) is 2. The number of nitrogen functional groups attached to an aromatic ring is 1. The first-order chi connectivity index (χ1) is 11.2. The number of aromatic nitrogens is 3. The summed E-state index contributed by atoms with van der Waals surface area (Å²) in [6, 6.07) is 17.8. The van der Waals surface area contributed by atoms with Crippen molar-refractivity contribution in [2.75, 3.05) is 16.4 Å². The van der Waals surface area contributed by atoms with Crippen molar-refractivity contribution in [2.45, 2.75) is 13.5 Å². The number of nitrogens with two attached hydrogens (primary N) is 1. The van der Waals surface area contributed by atoms with E-state index in [0.29, 0.717) is 18.3 Å². The highest BCUT2D eigenvalue weighted by Crippen LogP contribution is 2.14. The summed E-state index contributed by atoms with van der Waals surface area (Å²) in [6.45, 7) is 2.53. The molecule has 116 valence electrons. The van der Waals surface area contributed by atoms with E-state index in [9.17, 15) is 0 Å². The lowest BCUT2D eigenvalue weighted by Gasteiger charge is -2.09. The number of anilines is 4. The summed E-state index contributed by atoms with van der Waals surface area (Å²) >= 11 is 0. The minimum atomic E-state index is 0.194. The fourth-order valence-electron chi connectivity index (χ4n) is 2.08. The Bertz CT molecular complexity index is 771. The molecule has 0 aliphatic carbocycles. The smallest absolute Gasteiger partial charge is 0.232 e. The third kappa shape index (κ3) is 4.16. The Balaban J connectivity index is 1.71. The van der Waals surface area contributed by atoms with E-state index in [4.69, 9.17) is 5.73 Å². The van der Waals surface area contributed by atoms with Crippen LogP contribution in [0.4, 0.5) is 23.3 Å². The Labute approximate surface area is 134 Å². The second-order valence-corrected chi connectivity index (χ2v) is 5.14. The van der Waals surface area contributed by atoms with Crippen molar-refractivity contribution >= 4 is 23.3 Å². The van der Waals surface area contributed by atoms with Crippen LogP contribution in [0.1, 0.15) is 11.4 Å². The average molecular weight is 306 g/mol. The lowest BCUT2D eigenvalue weighted by molar-refractivity contribution is 0.920. The second kappa shape index (κ2) is 6.74. The van der Waals surface area contributed by atoms with Crippen molar-refractivity contribution in [2.24, 2.45) is 0 Å². The molecule has 6 heteroatoms. The van der Waals surface area contributed by atoms with Gasteiger partial charge in [-0.3, -0.25) is 0 Å². The predicted molar refractivity (Wildman–Crippen MR) is 92.5 cm³/mol. The molecule has 23 heavy (non-hydrogen) atoms. The maximum Gasteiger partial charge on any atom is 0.232 e. The number of hydrogen-bond donors (Lipinski definition) is 3. The molecule has 0 aliphatic rings. The Morgan fingerprint density at radius 2 is 1.61 bits per heavy atom. The highest BCUT2D eigenvalue weighted by atomic mass is 15.2. The monoisotopic (exact) mass is 306 g/mol. The van der Waals surface area contributed by atoms with Crippen LogP contribution in [0.2, 0.25) is 0 Å². The number of benzene rings is 2. The molecular weight excluding hydrogens is 288 g/mol. The van der Waals surface area contributed by atoms with Crippen molar-refractivity contribution in [3.63, 3.8) is 0 Å². The number of nitrogens with zero attached hydrogens (tertiary/aromatic N) is 3. The molecule has 6 nitrogen and oxygen atoms in total. The third-order valence-electron chi connectivity index (χ3n) is 3.23. The molecule has 1 heterocycles. The van der Waals surface area contributed by atoms with Gasteiger partial charge < -0.3 is 16.4 Å². The van der Waals surface area contributed by atoms with Crippen molar-refractivity contribution in [1.29, 1.82) is 0 Å². The van der Waals surface area contributed by atoms with Crippen LogP contribution in [0.15, 0.2) is 54.6 Å². The van der Waals surface area contributed by atoms with Gasteiger partial charge in [0.25, 0.3) is 0 Å². The maximum absolute atomic E-state index is 5.77. The minimum Gasteiger partial charge on any atom is -0.378 e. The summed E-state index contributed by atoms with van der Waals surface area (Å²) in [5.74, 6) is 1.21. The lowest BCUT2D eigenvalue weighted by atomic mass is 10.2. The summed E-state index contributed by atoms with van der Waals surface area (Å²) in [5, 5.41) is 6.39. The number of aryl methyl sites for hydroxylation is 1. The first kappa shape index (κ1) is 14.8. The normalized spacial score (nSPS) is 10.3. The van der Waals surface area contributed by atoms with Gasteiger partial charge in [0.15, 0.2) is 5.82 Å². The molecular formula is C17H18N6. The van der Waals surface area contributed by atoms with Crippen molar-refractivity contribution in [3.8, 4) is 0 Å². The molecule has 3 rings (SSSR count). The van der Waals surface area contributed by atoms with Gasteiger partial charge in [-0.15, -0.1) is 0 Å². The molecule has 2 aromatic carbocycles. The van der Waals surface area contributed by atoms with E-state index < -0.39 is 0 Å². The molecule has 4 N–H and O–H groups in total. The van der Waals surface area contributed by atoms with Crippen LogP contribution < -0.4 is 16.4 Å². The fraction of sp³-hybridized carbons (Fsp3) is 0.118. The van der Waals surface area contributed by atoms with Gasteiger partial charge in [0.2, 0.25) is 11.9 Å². The number of hydrogen-bond acceptors (Lipinski definition) is 6. The SMILES string of the molecule is Cc1ccc(NCc2nc(N)nc(Nc3ccccc3)n2)cc1. The zero-order valence-electron chi connectivity index (χ0n) is 12.8.